The monoisotopic (exact) mass is 370 g/mol. The number of carbonyl (C=O) groups excluding carboxylic acids is 1. The van der Waals surface area contributed by atoms with E-state index < -0.39 is 0 Å². The number of aromatic nitrogens is 2. The highest BCUT2D eigenvalue weighted by atomic mass is 16.1. The Bertz CT molecular complexity index is 647. The summed E-state index contributed by atoms with van der Waals surface area (Å²) >= 11 is 0. The highest BCUT2D eigenvalue weighted by Crippen LogP contribution is 2.54. The van der Waals surface area contributed by atoms with Crippen molar-refractivity contribution in [2.45, 2.75) is 71.3 Å². The maximum Gasteiger partial charge on any atom is 0.132 e. The smallest absolute Gasteiger partial charge is 0.132 e. The number of carbonyl (C=O) groups is 1. The fourth-order valence-electron chi connectivity index (χ4n) is 5.38. The second kappa shape index (κ2) is 7.50. The Morgan fingerprint density at radius 3 is 2.19 bits per heavy atom. The van der Waals surface area contributed by atoms with Crippen molar-refractivity contribution in [3.63, 3.8) is 0 Å². The predicted octanol–water partition coefficient (Wildman–Crippen LogP) is 3.65. The molecular formula is C22H34N4O. The van der Waals surface area contributed by atoms with E-state index in [4.69, 9.17) is 0 Å². The number of ketones is 1. The molecule has 0 aromatic carbocycles. The topological polar surface area (TPSA) is 49.3 Å². The van der Waals surface area contributed by atoms with Crippen molar-refractivity contribution in [1.29, 1.82) is 0 Å². The molecule has 3 aliphatic rings. The quantitative estimate of drug-likeness (QED) is 0.810. The zero-order chi connectivity index (χ0) is 19.0. The van der Waals surface area contributed by atoms with Gasteiger partial charge in [0.25, 0.3) is 0 Å². The van der Waals surface area contributed by atoms with Crippen LogP contribution < -0.4 is 4.90 Å². The summed E-state index contributed by atoms with van der Waals surface area (Å²) in [7, 11) is 0. The van der Waals surface area contributed by atoms with Crippen molar-refractivity contribution in [3.05, 3.63) is 18.2 Å². The van der Waals surface area contributed by atoms with Gasteiger partial charge in [0.2, 0.25) is 0 Å². The molecule has 0 unspecified atom stereocenters. The van der Waals surface area contributed by atoms with Gasteiger partial charge in [0, 0.05) is 44.1 Å². The summed E-state index contributed by atoms with van der Waals surface area (Å²) < 4.78 is 0. The van der Waals surface area contributed by atoms with E-state index in [1.165, 1.54) is 25.7 Å². The number of piperazine rings is 1. The molecule has 27 heavy (non-hydrogen) atoms. The van der Waals surface area contributed by atoms with Crippen molar-refractivity contribution in [2.24, 2.45) is 11.3 Å². The predicted molar refractivity (Wildman–Crippen MR) is 108 cm³/mol. The summed E-state index contributed by atoms with van der Waals surface area (Å²) in [5.41, 5.74) is 1.72. The number of Topliss-reactive ketones (excluding diaryl/α,β-unsaturated/α-hetero) is 1. The van der Waals surface area contributed by atoms with Gasteiger partial charge in [-0.05, 0) is 50.9 Å². The number of hydrogen-bond acceptors (Lipinski definition) is 5. The van der Waals surface area contributed by atoms with Crippen LogP contribution in [-0.2, 0) is 4.79 Å². The van der Waals surface area contributed by atoms with Crippen LogP contribution in [0.2, 0.25) is 0 Å². The lowest BCUT2D eigenvalue weighted by molar-refractivity contribution is -0.124. The largest absolute Gasteiger partial charge is 0.366 e. The Hall–Kier alpha value is -1.49. The molecule has 2 saturated carbocycles. The van der Waals surface area contributed by atoms with Gasteiger partial charge in [-0.2, -0.15) is 0 Å². The van der Waals surface area contributed by atoms with Gasteiger partial charge in [0.1, 0.15) is 11.6 Å². The summed E-state index contributed by atoms with van der Waals surface area (Å²) in [5.74, 6) is 2.06. The SMILES string of the molecule is CC(=O)C1CCC2(CC1)CC(N1CCN(c3cnc(C(C)C)nc3)CC1)C2. The standard InChI is InChI=1S/C22H34N4O/c1-16(2)21-23-14-20(15-24-21)26-10-8-25(9-11-26)19-12-22(13-19)6-4-18(5-7-22)17(3)27/h14-16,18-19H,4-13H2,1-3H3. The molecule has 0 N–H and O–H groups in total. The maximum absolute atomic E-state index is 11.6. The molecule has 1 spiro atoms. The van der Waals surface area contributed by atoms with E-state index in [2.05, 4.69) is 33.6 Å². The molecule has 3 fully saturated rings. The van der Waals surface area contributed by atoms with Gasteiger partial charge in [0.05, 0.1) is 18.1 Å². The first-order chi connectivity index (χ1) is 13.0. The zero-order valence-electron chi connectivity index (χ0n) is 17.2. The van der Waals surface area contributed by atoms with E-state index in [1.54, 1.807) is 6.92 Å². The Balaban J connectivity index is 1.24. The zero-order valence-corrected chi connectivity index (χ0v) is 17.2. The summed E-state index contributed by atoms with van der Waals surface area (Å²) in [6.45, 7) is 10.5. The van der Waals surface area contributed by atoms with Crippen LogP contribution in [0.1, 0.15) is 71.0 Å². The van der Waals surface area contributed by atoms with Crippen LogP contribution in [0, 0.1) is 11.3 Å². The summed E-state index contributed by atoms with van der Waals surface area (Å²) in [5, 5.41) is 0. The van der Waals surface area contributed by atoms with E-state index in [1.807, 2.05) is 12.4 Å². The van der Waals surface area contributed by atoms with Gasteiger partial charge in [-0.15, -0.1) is 0 Å². The number of rotatable bonds is 4. The highest BCUT2D eigenvalue weighted by molar-refractivity contribution is 5.78. The lowest BCUT2D eigenvalue weighted by Crippen LogP contribution is -2.57. The van der Waals surface area contributed by atoms with Gasteiger partial charge in [0.15, 0.2) is 0 Å². The Labute approximate surface area is 163 Å². The minimum atomic E-state index is 0.350. The van der Waals surface area contributed by atoms with Crippen molar-refractivity contribution >= 4 is 11.5 Å². The summed E-state index contributed by atoms with van der Waals surface area (Å²) in [6.07, 6.45) is 11.5. The third kappa shape index (κ3) is 3.89. The molecule has 5 nitrogen and oxygen atoms in total. The molecule has 1 aromatic rings. The minimum Gasteiger partial charge on any atom is -0.366 e. The second-order valence-corrected chi connectivity index (χ2v) is 9.42. The molecule has 4 rings (SSSR count). The molecule has 2 heterocycles. The Kier molecular flexibility index (Phi) is 5.23. The van der Waals surface area contributed by atoms with E-state index in [9.17, 15) is 4.79 Å². The van der Waals surface area contributed by atoms with Crippen LogP contribution >= 0.6 is 0 Å². The fourth-order valence-corrected chi connectivity index (χ4v) is 5.38. The van der Waals surface area contributed by atoms with Crippen molar-refractivity contribution in [2.75, 3.05) is 31.1 Å². The number of hydrogen-bond donors (Lipinski definition) is 0. The highest BCUT2D eigenvalue weighted by Gasteiger charge is 2.48. The molecule has 1 aromatic heterocycles. The molecule has 1 aliphatic heterocycles. The minimum absolute atomic E-state index is 0.350. The Morgan fingerprint density at radius 2 is 1.67 bits per heavy atom. The molecule has 148 valence electrons. The molecule has 0 bridgehead atoms. The van der Waals surface area contributed by atoms with Crippen LogP contribution in [-0.4, -0.2) is 52.9 Å². The molecule has 2 aliphatic carbocycles. The van der Waals surface area contributed by atoms with Crippen molar-refractivity contribution in [3.8, 4) is 0 Å². The molecule has 0 atom stereocenters. The van der Waals surface area contributed by atoms with Crippen molar-refractivity contribution < 1.29 is 4.79 Å². The summed E-state index contributed by atoms with van der Waals surface area (Å²) in [4.78, 5) is 25.8. The van der Waals surface area contributed by atoms with E-state index in [-0.39, 0.29) is 0 Å². The first-order valence-electron chi connectivity index (χ1n) is 10.8. The lowest BCUT2D eigenvalue weighted by atomic mass is 9.56. The summed E-state index contributed by atoms with van der Waals surface area (Å²) in [6, 6.07) is 0.764. The van der Waals surface area contributed by atoms with Gasteiger partial charge in [-0.3, -0.25) is 9.69 Å². The first kappa shape index (κ1) is 18.9. The second-order valence-electron chi connectivity index (χ2n) is 9.42. The number of nitrogens with zero attached hydrogens (tertiary/aromatic N) is 4. The van der Waals surface area contributed by atoms with Crippen LogP contribution in [0.15, 0.2) is 12.4 Å². The molecule has 0 radical (unpaired) electrons. The van der Waals surface area contributed by atoms with Gasteiger partial charge in [-0.1, -0.05) is 13.8 Å². The molecule has 0 amide bonds. The normalized spacial score (nSPS) is 31.9. The van der Waals surface area contributed by atoms with E-state index in [0.29, 0.717) is 23.0 Å². The van der Waals surface area contributed by atoms with Crippen LogP contribution in [0.3, 0.4) is 0 Å². The van der Waals surface area contributed by atoms with Crippen LogP contribution in [0.25, 0.3) is 0 Å². The van der Waals surface area contributed by atoms with Crippen LogP contribution in [0.4, 0.5) is 5.69 Å². The molecule has 5 heteroatoms. The van der Waals surface area contributed by atoms with Gasteiger partial charge in [-0.25, -0.2) is 9.97 Å². The lowest BCUT2D eigenvalue weighted by Gasteiger charge is -2.56. The van der Waals surface area contributed by atoms with Gasteiger partial charge < -0.3 is 4.90 Å². The molecular weight excluding hydrogens is 336 g/mol. The first-order valence-corrected chi connectivity index (χ1v) is 10.8. The third-order valence-electron chi connectivity index (χ3n) is 7.33. The maximum atomic E-state index is 11.6. The Morgan fingerprint density at radius 1 is 1.07 bits per heavy atom. The van der Waals surface area contributed by atoms with Gasteiger partial charge >= 0.3 is 0 Å². The molecule has 1 saturated heterocycles. The number of anilines is 1. The average molecular weight is 371 g/mol. The van der Waals surface area contributed by atoms with Crippen LogP contribution in [0.5, 0.6) is 0 Å². The fraction of sp³-hybridized carbons (Fsp3) is 0.773. The van der Waals surface area contributed by atoms with Crippen molar-refractivity contribution in [1.82, 2.24) is 14.9 Å². The third-order valence-corrected chi connectivity index (χ3v) is 7.33. The van der Waals surface area contributed by atoms with E-state index in [0.717, 1.165) is 56.6 Å². The van der Waals surface area contributed by atoms with E-state index >= 15 is 0 Å². The average Bonchev–Trinajstić information content (AvgIpc) is 2.66.